The van der Waals surface area contributed by atoms with Crippen LogP contribution >= 0.6 is 11.3 Å². The number of carbonyl (C=O) groups is 1. The highest BCUT2D eigenvalue weighted by atomic mass is 32.1. The van der Waals surface area contributed by atoms with Crippen LogP contribution in [0.2, 0.25) is 0 Å². The summed E-state index contributed by atoms with van der Waals surface area (Å²) in [7, 11) is 0. The smallest absolute Gasteiger partial charge is 0.222 e. The Hall–Kier alpha value is -2.40. The lowest BCUT2D eigenvalue weighted by molar-refractivity contribution is -0.131. The number of amides is 1. The summed E-state index contributed by atoms with van der Waals surface area (Å²) >= 11 is 1.77. The fourth-order valence-corrected chi connectivity index (χ4v) is 4.60. The molecule has 1 saturated heterocycles. The Morgan fingerprint density at radius 2 is 1.67 bits per heavy atom. The van der Waals surface area contributed by atoms with Crippen molar-refractivity contribution in [2.24, 2.45) is 0 Å². The third-order valence-corrected chi connectivity index (χ3v) is 6.22. The van der Waals surface area contributed by atoms with Crippen molar-refractivity contribution < 1.29 is 4.79 Å². The van der Waals surface area contributed by atoms with Crippen molar-refractivity contribution in [1.29, 1.82) is 0 Å². The van der Waals surface area contributed by atoms with Gasteiger partial charge in [-0.3, -0.25) is 4.79 Å². The van der Waals surface area contributed by atoms with E-state index in [1.54, 1.807) is 11.3 Å². The van der Waals surface area contributed by atoms with Gasteiger partial charge >= 0.3 is 0 Å². The molecule has 0 bridgehead atoms. The molecule has 1 amide bonds. The number of anilines is 1. The van der Waals surface area contributed by atoms with E-state index in [2.05, 4.69) is 52.3 Å². The molecule has 1 aliphatic rings. The number of rotatable bonds is 6. The van der Waals surface area contributed by atoms with Gasteiger partial charge in [-0.25, -0.2) is 4.98 Å². The Labute approximate surface area is 164 Å². The van der Waals surface area contributed by atoms with E-state index in [1.165, 1.54) is 15.4 Å². The number of nitrogens with zero attached hydrogens (tertiary/aromatic N) is 3. The summed E-state index contributed by atoms with van der Waals surface area (Å²) in [5.41, 5.74) is 2.34. The van der Waals surface area contributed by atoms with Gasteiger partial charge in [-0.15, -0.1) is 11.3 Å². The van der Waals surface area contributed by atoms with E-state index in [1.807, 2.05) is 17.0 Å². The second-order valence-corrected chi connectivity index (χ2v) is 8.10. The first-order chi connectivity index (χ1) is 13.3. The predicted octanol–water partition coefficient (Wildman–Crippen LogP) is 4.36. The zero-order valence-electron chi connectivity index (χ0n) is 15.5. The molecule has 0 aliphatic carbocycles. The Kier molecular flexibility index (Phi) is 5.68. The number of thiazole rings is 1. The molecule has 0 spiro atoms. The largest absolute Gasteiger partial charge is 0.368 e. The van der Waals surface area contributed by atoms with Gasteiger partial charge in [-0.1, -0.05) is 30.3 Å². The van der Waals surface area contributed by atoms with Gasteiger partial charge in [0.05, 0.1) is 15.2 Å². The third-order valence-electron chi connectivity index (χ3n) is 5.12. The number of unbranched alkanes of at least 4 members (excludes halogenated alkanes) is 1. The van der Waals surface area contributed by atoms with Gasteiger partial charge in [-0.05, 0) is 43.5 Å². The minimum Gasteiger partial charge on any atom is -0.368 e. The average molecular weight is 380 g/mol. The molecule has 0 atom stereocenters. The molecule has 2 aromatic carbocycles. The van der Waals surface area contributed by atoms with E-state index >= 15 is 0 Å². The van der Waals surface area contributed by atoms with Crippen LogP contribution in [-0.2, 0) is 11.2 Å². The van der Waals surface area contributed by atoms with Gasteiger partial charge in [0.2, 0.25) is 5.91 Å². The molecule has 0 radical (unpaired) electrons. The molecule has 4 rings (SSSR count). The maximum absolute atomic E-state index is 12.5. The van der Waals surface area contributed by atoms with Crippen LogP contribution in [0.3, 0.4) is 0 Å². The number of para-hydroxylation sites is 2. The standard InChI is InChI=1S/C22H25N3OS/c26-22(25-16-14-24(15-17-25)18-8-2-1-3-9-18)13-7-6-12-21-23-19-10-4-5-11-20(19)27-21/h1-5,8-11H,6-7,12-17H2. The number of piperazine rings is 1. The lowest BCUT2D eigenvalue weighted by Crippen LogP contribution is -2.48. The summed E-state index contributed by atoms with van der Waals surface area (Å²) in [6.45, 7) is 3.49. The van der Waals surface area contributed by atoms with E-state index in [4.69, 9.17) is 0 Å². The normalized spacial score (nSPS) is 14.7. The molecule has 5 heteroatoms. The monoisotopic (exact) mass is 379 g/mol. The first-order valence-corrected chi connectivity index (χ1v) is 10.5. The van der Waals surface area contributed by atoms with Crippen molar-refractivity contribution in [3.05, 3.63) is 59.6 Å². The maximum Gasteiger partial charge on any atom is 0.222 e. The molecule has 27 heavy (non-hydrogen) atoms. The van der Waals surface area contributed by atoms with Crippen LogP contribution < -0.4 is 4.90 Å². The number of aromatic nitrogens is 1. The van der Waals surface area contributed by atoms with Crippen molar-refractivity contribution in [2.75, 3.05) is 31.1 Å². The molecular formula is C22H25N3OS. The Morgan fingerprint density at radius 3 is 2.44 bits per heavy atom. The fourth-order valence-electron chi connectivity index (χ4n) is 3.59. The number of carbonyl (C=O) groups excluding carboxylic acids is 1. The van der Waals surface area contributed by atoms with E-state index < -0.39 is 0 Å². The van der Waals surface area contributed by atoms with Gasteiger partial charge in [0.1, 0.15) is 0 Å². The SMILES string of the molecule is O=C(CCCCc1nc2ccccc2s1)N1CCN(c2ccccc2)CC1. The third kappa shape index (κ3) is 4.48. The zero-order valence-corrected chi connectivity index (χ0v) is 16.3. The number of aryl methyl sites for hydroxylation is 1. The predicted molar refractivity (Wildman–Crippen MR) is 112 cm³/mol. The van der Waals surface area contributed by atoms with Gasteiger partial charge in [0.25, 0.3) is 0 Å². The summed E-state index contributed by atoms with van der Waals surface area (Å²) in [5.74, 6) is 0.298. The highest BCUT2D eigenvalue weighted by molar-refractivity contribution is 7.18. The number of fused-ring (bicyclic) bond motifs is 1. The average Bonchev–Trinajstić information content (AvgIpc) is 3.15. The molecule has 3 aromatic rings. The van der Waals surface area contributed by atoms with Crippen molar-refractivity contribution in [3.63, 3.8) is 0 Å². The first kappa shape index (κ1) is 18.0. The van der Waals surface area contributed by atoms with Gasteiger partial charge < -0.3 is 9.80 Å². The Bertz CT molecular complexity index is 852. The number of hydrogen-bond acceptors (Lipinski definition) is 4. The van der Waals surface area contributed by atoms with Gasteiger partial charge in [-0.2, -0.15) is 0 Å². The molecule has 1 fully saturated rings. The fraction of sp³-hybridized carbons (Fsp3) is 0.364. The Morgan fingerprint density at radius 1 is 0.926 bits per heavy atom. The molecule has 4 nitrogen and oxygen atoms in total. The van der Waals surface area contributed by atoms with Gasteiger partial charge in [0.15, 0.2) is 0 Å². The van der Waals surface area contributed by atoms with E-state index in [-0.39, 0.29) is 0 Å². The van der Waals surface area contributed by atoms with Crippen LogP contribution in [0.15, 0.2) is 54.6 Å². The van der Waals surface area contributed by atoms with Crippen LogP contribution in [0.25, 0.3) is 10.2 Å². The van der Waals surface area contributed by atoms with Crippen molar-refractivity contribution in [2.45, 2.75) is 25.7 Å². The second kappa shape index (κ2) is 8.53. The highest BCUT2D eigenvalue weighted by Gasteiger charge is 2.20. The zero-order chi connectivity index (χ0) is 18.5. The van der Waals surface area contributed by atoms with Crippen molar-refractivity contribution in [3.8, 4) is 0 Å². The first-order valence-electron chi connectivity index (χ1n) is 9.72. The lowest BCUT2D eigenvalue weighted by Gasteiger charge is -2.36. The van der Waals surface area contributed by atoms with Crippen LogP contribution in [0.5, 0.6) is 0 Å². The van der Waals surface area contributed by atoms with E-state index in [9.17, 15) is 4.79 Å². The second-order valence-electron chi connectivity index (χ2n) is 6.99. The molecular weight excluding hydrogens is 354 g/mol. The molecule has 0 N–H and O–H groups in total. The summed E-state index contributed by atoms with van der Waals surface area (Å²) < 4.78 is 1.25. The lowest BCUT2D eigenvalue weighted by atomic mass is 10.1. The van der Waals surface area contributed by atoms with Crippen molar-refractivity contribution >= 4 is 33.1 Å². The summed E-state index contributed by atoms with van der Waals surface area (Å²) in [6.07, 6.45) is 3.58. The van der Waals surface area contributed by atoms with Crippen LogP contribution in [0, 0.1) is 0 Å². The van der Waals surface area contributed by atoms with Crippen LogP contribution in [0.4, 0.5) is 5.69 Å². The minimum atomic E-state index is 0.298. The molecule has 0 saturated carbocycles. The maximum atomic E-state index is 12.5. The molecule has 140 valence electrons. The number of hydrogen-bond donors (Lipinski definition) is 0. The van der Waals surface area contributed by atoms with Gasteiger partial charge in [0, 0.05) is 38.3 Å². The number of benzene rings is 2. The molecule has 1 aliphatic heterocycles. The quantitative estimate of drug-likeness (QED) is 0.597. The van der Waals surface area contributed by atoms with Crippen LogP contribution in [-0.4, -0.2) is 42.0 Å². The molecule has 2 heterocycles. The van der Waals surface area contributed by atoms with E-state index in [0.717, 1.165) is 51.0 Å². The molecule has 1 aromatic heterocycles. The molecule has 0 unspecified atom stereocenters. The Balaban J connectivity index is 1.19. The highest BCUT2D eigenvalue weighted by Crippen LogP contribution is 2.23. The topological polar surface area (TPSA) is 36.4 Å². The van der Waals surface area contributed by atoms with Crippen LogP contribution in [0.1, 0.15) is 24.3 Å². The summed E-state index contributed by atoms with van der Waals surface area (Å²) in [5, 5.41) is 1.18. The van der Waals surface area contributed by atoms with Crippen molar-refractivity contribution in [1.82, 2.24) is 9.88 Å². The minimum absolute atomic E-state index is 0.298. The van der Waals surface area contributed by atoms with E-state index in [0.29, 0.717) is 12.3 Å². The summed E-state index contributed by atoms with van der Waals surface area (Å²) in [4.78, 5) is 21.5. The summed E-state index contributed by atoms with van der Waals surface area (Å²) in [6, 6.07) is 18.7.